The maximum Gasteiger partial charge on any atom is 0.319 e. The first-order valence-corrected chi connectivity index (χ1v) is 12.0. The van der Waals surface area contributed by atoms with Gasteiger partial charge in [0.15, 0.2) is 0 Å². The van der Waals surface area contributed by atoms with E-state index in [-0.39, 0.29) is 12.1 Å². The smallest absolute Gasteiger partial charge is 0.319 e. The second-order valence-electron chi connectivity index (χ2n) is 9.20. The molecule has 1 saturated carbocycles. The van der Waals surface area contributed by atoms with Gasteiger partial charge in [-0.1, -0.05) is 25.1 Å². The first kappa shape index (κ1) is 22.4. The molecule has 1 aromatic heterocycles. The number of urea groups is 1. The topological polar surface area (TPSA) is 82.2 Å². The van der Waals surface area contributed by atoms with Gasteiger partial charge in [0, 0.05) is 37.4 Å². The summed E-state index contributed by atoms with van der Waals surface area (Å²) in [6.07, 6.45) is 9.33. The lowest BCUT2D eigenvalue weighted by Crippen LogP contribution is -2.42. The third kappa shape index (κ3) is 5.31. The predicted octanol–water partition coefficient (Wildman–Crippen LogP) is 4.53. The number of amides is 2. The fourth-order valence-electron chi connectivity index (χ4n) is 4.87. The number of fused-ring (bicyclic) bond motifs is 1. The lowest BCUT2D eigenvalue weighted by Gasteiger charge is -2.30. The van der Waals surface area contributed by atoms with Crippen LogP contribution >= 0.6 is 0 Å². The van der Waals surface area contributed by atoms with Crippen molar-refractivity contribution in [2.24, 2.45) is 0 Å². The summed E-state index contributed by atoms with van der Waals surface area (Å²) in [5.41, 5.74) is 4.56. The molecule has 2 amide bonds. The van der Waals surface area contributed by atoms with Crippen LogP contribution in [-0.2, 0) is 19.3 Å². The van der Waals surface area contributed by atoms with Crippen LogP contribution in [0, 0.1) is 0 Å². The van der Waals surface area contributed by atoms with Gasteiger partial charge in [-0.15, -0.1) is 0 Å². The molecule has 2 aliphatic rings. The van der Waals surface area contributed by atoms with E-state index in [0.717, 1.165) is 68.0 Å². The number of hydrogen-bond acceptors (Lipinski definition) is 5. The number of rotatable bonds is 6. The van der Waals surface area contributed by atoms with Crippen LogP contribution in [0.25, 0.3) is 0 Å². The van der Waals surface area contributed by atoms with E-state index in [1.165, 1.54) is 24.1 Å². The van der Waals surface area contributed by atoms with Crippen LogP contribution in [0.5, 0.6) is 0 Å². The second-order valence-corrected chi connectivity index (χ2v) is 9.20. The van der Waals surface area contributed by atoms with Crippen LogP contribution in [0.4, 0.5) is 22.2 Å². The molecule has 0 aliphatic heterocycles. The number of nitrogens with one attached hydrogen (secondary N) is 3. The maximum absolute atomic E-state index is 12.5. The van der Waals surface area contributed by atoms with Crippen LogP contribution in [0.15, 0.2) is 24.3 Å². The van der Waals surface area contributed by atoms with Crippen LogP contribution in [-0.4, -0.2) is 42.2 Å². The lowest BCUT2D eigenvalue weighted by atomic mass is 9.91. The quantitative estimate of drug-likeness (QED) is 0.620. The van der Waals surface area contributed by atoms with Gasteiger partial charge in [0.25, 0.3) is 0 Å². The Morgan fingerprint density at radius 2 is 1.75 bits per heavy atom. The summed E-state index contributed by atoms with van der Waals surface area (Å²) in [5.74, 6) is 1.80. The van der Waals surface area contributed by atoms with Gasteiger partial charge in [0.05, 0.1) is 5.69 Å². The number of aryl methyl sites for hydroxylation is 2. The van der Waals surface area contributed by atoms with Gasteiger partial charge in [0.2, 0.25) is 5.95 Å². The molecule has 0 spiro atoms. The zero-order valence-electron chi connectivity index (χ0n) is 19.6. The van der Waals surface area contributed by atoms with Gasteiger partial charge >= 0.3 is 6.03 Å². The number of anilines is 3. The van der Waals surface area contributed by atoms with Crippen molar-refractivity contribution in [3.05, 3.63) is 41.1 Å². The normalized spacial score (nSPS) is 20.2. The van der Waals surface area contributed by atoms with E-state index in [9.17, 15) is 4.79 Å². The Morgan fingerprint density at radius 1 is 1.03 bits per heavy atom. The average molecular weight is 437 g/mol. The number of aromatic nitrogens is 2. The molecule has 0 atom stereocenters. The largest absolute Gasteiger partial charge is 0.362 e. The third-order valence-corrected chi connectivity index (χ3v) is 6.63. The number of para-hydroxylation sites is 1. The minimum absolute atomic E-state index is 0.115. The van der Waals surface area contributed by atoms with E-state index in [1.54, 1.807) is 0 Å². The Morgan fingerprint density at radius 3 is 2.50 bits per heavy atom. The number of carbonyl (C=O) groups excluding carboxylic acids is 1. The van der Waals surface area contributed by atoms with Crippen molar-refractivity contribution in [2.45, 2.75) is 76.8 Å². The molecule has 4 rings (SSSR count). The van der Waals surface area contributed by atoms with Crippen LogP contribution in [0.3, 0.4) is 0 Å². The zero-order chi connectivity index (χ0) is 22.5. The van der Waals surface area contributed by atoms with Crippen molar-refractivity contribution in [1.29, 1.82) is 0 Å². The summed E-state index contributed by atoms with van der Waals surface area (Å²) in [4.78, 5) is 24.3. The highest BCUT2D eigenvalue weighted by atomic mass is 16.2. The number of carbonyl (C=O) groups is 1. The van der Waals surface area contributed by atoms with Crippen molar-refractivity contribution < 1.29 is 4.79 Å². The molecular weight excluding hydrogens is 400 g/mol. The van der Waals surface area contributed by atoms with Gasteiger partial charge in [0.1, 0.15) is 5.82 Å². The minimum atomic E-state index is -0.115. The molecule has 2 aliphatic carbocycles. The van der Waals surface area contributed by atoms with Crippen LogP contribution < -0.4 is 20.9 Å². The van der Waals surface area contributed by atoms with Gasteiger partial charge in [-0.05, 0) is 69.4 Å². The van der Waals surface area contributed by atoms with Crippen LogP contribution in [0.2, 0.25) is 0 Å². The third-order valence-electron chi connectivity index (χ3n) is 6.63. The minimum Gasteiger partial charge on any atom is -0.362 e. The predicted molar refractivity (Wildman–Crippen MR) is 131 cm³/mol. The molecule has 7 nitrogen and oxygen atoms in total. The Labute approximate surface area is 191 Å². The van der Waals surface area contributed by atoms with E-state index in [4.69, 9.17) is 9.97 Å². The molecule has 7 heteroatoms. The summed E-state index contributed by atoms with van der Waals surface area (Å²) < 4.78 is 0. The summed E-state index contributed by atoms with van der Waals surface area (Å²) in [6.45, 7) is 2.10. The average Bonchev–Trinajstić information content (AvgIpc) is 2.80. The van der Waals surface area contributed by atoms with Crippen molar-refractivity contribution >= 4 is 23.5 Å². The van der Waals surface area contributed by atoms with Crippen molar-refractivity contribution in [3.63, 3.8) is 0 Å². The van der Waals surface area contributed by atoms with E-state index in [0.29, 0.717) is 6.04 Å². The molecule has 0 saturated heterocycles. The van der Waals surface area contributed by atoms with Crippen molar-refractivity contribution in [1.82, 2.24) is 15.3 Å². The Hall–Kier alpha value is -2.83. The Kier molecular flexibility index (Phi) is 7.12. The van der Waals surface area contributed by atoms with Crippen LogP contribution in [0.1, 0.15) is 62.3 Å². The molecule has 1 fully saturated rings. The maximum atomic E-state index is 12.5. The molecule has 2 aromatic rings. The standard InChI is InChI=1S/C25H36N6O/c1-4-17-9-5-7-11-21(17)29-25(32)27-19-15-13-18(14-16-19)26-24-28-22-12-8-6-10-20(22)23(30-24)31(2)3/h5,7,9,11,18-19H,4,6,8,10,12-16H2,1-3H3,(H,26,28,30)(H2,27,29,32)/t18-,19+. The highest BCUT2D eigenvalue weighted by Crippen LogP contribution is 2.29. The summed E-state index contributed by atoms with van der Waals surface area (Å²) in [6, 6.07) is 8.39. The van der Waals surface area contributed by atoms with Crippen molar-refractivity contribution in [3.8, 4) is 0 Å². The molecule has 1 aromatic carbocycles. The SMILES string of the molecule is CCc1ccccc1NC(=O)N[C@H]1CC[C@@H](Nc2nc3c(c(N(C)C)n2)CCCC3)CC1. The van der Waals surface area contributed by atoms with E-state index < -0.39 is 0 Å². The molecule has 3 N–H and O–H groups in total. The molecule has 32 heavy (non-hydrogen) atoms. The Bertz CT molecular complexity index is 936. The molecule has 1 heterocycles. The van der Waals surface area contributed by atoms with Gasteiger partial charge < -0.3 is 20.9 Å². The first-order valence-electron chi connectivity index (χ1n) is 12.0. The summed E-state index contributed by atoms with van der Waals surface area (Å²) in [5, 5.41) is 9.75. The highest BCUT2D eigenvalue weighted by molar-refractivity contribution is 5.90. The van der Waals surface area contributed by atoms with Crippen molar-refractivity contribution in [2.75, 3.05) is 29.6 Å². The Balaban J connectivity index is 1.30. The molecule has 0 bridgehead atoms. The monoisotopic (exact) mass is 436 g/mol. The highest BCUT2D eigenvalue weighted by Gasteiger charge is 2.25. The number of hydrogen-bond donors (Lipinski definition) is 3. The summed E-state index contributed by atoms with van der Waals surface area (Å²) in [7, 11) is 4.11. The van der Waals surface area contributed by atoms with E-state index >= 15 is 0 Å². The molecule has 172 valence electrons. The van der Waals surface area contributed by atoms with Gasteiger partial charge in [-0.3, -0.25) is 0 Å². The molecule has 0 unspecified atom stereocenters. The molecular formula is C25H36N6O. The van der Waals surface area contributed by atoms with Gasteiger partial charge in [-0.2, -0.15) is 4.98 Å². The van der Waals surface area contributed by atoms with Gasteiger partial charge in [-0.25, -0.2) is 9.78 Å². The summed E-state index contributed by atoms with van der Waals surface area (Å²) >= 11 is 0. The lowest BCUT2D eigenvalue weighted by molar-refractivity contribution is 0.243. The van der Waals surface area contributed by atoms with E-state index in [2.05, 4.69) is 47.9 Å². The molecule has 0 radical (unpaired) electrons. The van der Waals surface area contributed by atoms with E-state index in [1.807, 2.05) is 18.2 Å². The zero-order valence-corrected chi connectivity index (χ0v) is 19.6. The number of nitrogens with zero attached hydrogens (tertiary/aromatic N) is 3. The fraction of sp³-hybridized carbons (Fsp3) is 0.560. The second kappa shape index (κ2) is 10.2. The fourth-order valence-corrected chi connectivity index (χ4v) is 4.87. The first-order chi connectivity index (χ1) is 15.5. The number of benzene rings is 1.